The fourth-order valence-electron chi connectivity index (χ4n) is 0.581. The summed E-state index contributed by atoms with van der Waals surface area (Å²) in [6.45, 7) is 2.48. The molecule has 66 valence electrons. The first kappa shape index (κ1) is 10.4. The maximum Gasteiger partial charge on any atom is 0.284 e. The van der Waals surface area contributed by atoms with Gasteiger partial charge >= 0.3 is 0 Å². The average molecular weight is 169 g/mol. The SMILES string of the molecule is CCCCNC(=O)C(C#N)=NO. The summed E-state index contributed by atoms with van der Waals surface area (Å²) in [6, 6.07) is 1.47. The summed E-state index contributed by atoms with van der Waals surface area (Å²) in [7, 11) is 0. The van der Waals surface area contributed by atoms with Crippen molar-refractivity contribution in [2.75, 3.05) is 6.54 Å². The van der Waals surface area contributed by atoms with Crippen LogP contribution in [0.2, 0.25) is 0 Å². The molecule has 0 atom stereocenters. The topological polar surface area (TPSA) is 85.5 Å². The molecule has 5 nitrogen and oxygen atoms in total. The van der Waals surface area contributed by atoms with E-state index in [0.717, 1.165) is 12.8 Å². The Balaban J connectivity index is 3.81. The summed E-state index contributed by atoms with van der Waals surface area (Å²) < 4.78 is 0. The number of rotatable bonds is 4. The van der Waals surface area contributed by atoms with Crippen LogP contribution in [0.4, 0.5) is 0 Å². The van der Waals surface area contributed by atoms with Crippen LogP contribution in [-0.4, -0.2) is 23.4 Å². The first-order chi connectivity index (χ1) is 5.76. The fraction of sp³-hybridized carbons (Fsp3) is 0.571. The third kappa shape index (κ3) is 3.56. The fourth-order valence-corrected chi connectivity index (χ4v) is 0.581. The van der Waals surface area contributed by atoms with E-state index in [-0.39, 0.29) is 0 Å². The van der Waals surface area contributed by atoms with Crippen molar-refractivity contribution < 1.29 is 10.0 Å². The zero-order valence-electron chi connectivity index (χ0n) is 6.87. The second-order valence-electron chi connectivity index (χ2n) is 2.17. The van der Waals surface area contributed by atoms with E-state index in [4.69, 9.17) is 10.5 Å². The normalized spacial score (nSPS) is 10.5. The average Bonchev–Trinajstić information content (AvgIpc) is 2.07. The molecule has 0 radical (unpaired) electrons. The Morgan fingerprint density at radius 1 is 1.75 bits per heavy atom. The molecule has 0 aliphatic rings. The van der Waals surface area contributed by atoms with Crippen LogP contribution in [0, 0.1) is 11.3 Å². The number of oxime groups is 1. The predicted octanol–water partition coefficient (Wildman–Crippen LogP) is 0.256. The van der Waals surface area contributed by atoms with Crippen molar-refractivity contribution in [2.45, 2.75) is 19.8 Å². The lowest BCUT2D eigenvalue weighted by atomic mass is 10.3. The number of nitriles is 1. The van der Waals surface area contributed by atoms with Crippen LogP contribution in [0.1, 0.15) is 19.8 Å². The molecule has 0 saturated carbocycles. The lowest BCUT2D eigenvalue weighted by Crippen LogP contribution is -2.30. The Morgan fingerprint density at radius 2 is 2.42 bits per heavy atom. The molecular formula is C7H11N3O2. The number of hydrogen-bond donors (Lipinski definition) is 2. The van der Waals surface area contributed by atoms with E-state index in [2.05, 4.69) is 10.5 Å². The molecular weight excluding hydrogens is 158 g/mol. The van der Waals surface area contributed by atoms with Gasteiger partial charge in [-0.05, 0) is 6.42 Å². The van der Waals surface area contributed by atoms with E-state index < -0.39 is 11.6 Å². The molecule has 0 aromatic rings. The van der Waals surface area contributed by atoms with Gasteiger partial charge in [-0.25, -0.2) is 0 Å². The summed E-state index contributed by atoms with van der Waals surface area (Å²) in [4.78, 5) is 10.9. The Bertz CT molecular complexity index is 217. The molecule has 0 bridgehead atoms. The van der Waals surface area contributed by atoms with Gasteiger partial charge in [-0.2, -0.15) is 5.26 Å². The maximum absolute atomic E-state index is 10.9. The van der Waals surface area contributed by atoms with Gasteiger partial charge in [0.05, 0.1) is 0 Å². The highest BCUT2D eigenvalue weighted by Crippen LogP contribution is 1.83. The quantitative estimate of drug-likeness (QED) is 0.274. The summed E-state index contributed by atoms with van der Waals surface area (Å²) in [5.41, 5.74) is -0.508. The van der Waals surface area contributed by atoms with E-state index in [9.17, 15) is 4.79 Å². The zero-order chi connectivity index (χ0) is 9.40. The highest BCUT2D eigenvalue weighted by Gasteiger charge is 2.09. The first-order valence-electron chi connectivity index (χ1n) is 3.66. The van der Waals surface area contributed by atoms with Gasteiger partial charge < -0.3 is 10.5 Å². The molecule has 12 heavy (non-hydrogen) atoms. The van der Waals surface area contributed by atoms with Crippen molar-refractivity contribution >= 4 is 11.6 Å². The molecule has 2 N–H and O–H groups in total. The van der Waals surface area contributed by atoms with Crippen LogP contribution in [-0.2, 0) is 4.79 Å². The lowest BCUT2D eigenvalue weighted by molar-refractivity contribution is -0.114. The van der Waals surface area contributed by atoms with Crippen molar-refractivity contribution in [3.8, 4) is 6.07 Å². The van der Waals surface area contributed by atoms with Gasteiger partial charge in [-0.15, -0.1) is 0 Å². The molecule has 0 aromatic carbocycles. The Morgan fingerprint density at radius 3 is 2.83 bits per heavy atom. The van der Waals surface area contributed by atoms with E-state index in [1.807, 2.05) is 6.92 Å². The molecule has 0 aromatic heterocycles. The summed E-state index contributed by atoms with van der Waals surface area (Å²) in [5, 5.41) is 21.4. The third-order valence-corrected chi connectivity index (χ3v) is 1.24. The molecule has 0 aliphatic heterocycles. The van der Waals surface area contributed by atoms with Gasteiger partial charge in [-0.1, -0.05) is 18.5 Å². The number of carbonyl (C=O) groups excluding carboxylic acids is 1. The molecule has 0 fully saturated rings. The van der Waals surface area contributed by atoms with Crippen molar-refractivity contribution in [1.82, 2.24) is 5.32 Å². The monoisotopic (exact) mass is 169 g/mol. The minimum Gasteiger partial charge on any atom is -0.410 e. The highest BCUT2D eigenvalue weighted by molar-refractivity contribution is 6.44. The van der Waals surface area contributed by atoms with Crippen LogP contribution in [0.5, 0.6) is 0 Å². The largest absolute Gasteiger partial charge is 0.410 e. The second kappa shape index (κ2) is 6.16. The summed E-state index contributed by atoms with van der Waals surface area (Å²) in [5.74, 6) is -0.631. The van der Waals surface area contributed by atoms with E-state index in [1.165, 1.54) is 6.07 Å². The molecule has 0 heterocycles. The third-order valence-electron chi connectivity index (χ3n) is 1.24. The molecule has 0 saturated heterocycles. The predicted molar refractivity (Wildman–Crippen MR) is 42.8 cm³/mol. The number of hydrogen-bond acceptors (Lipinski definition) is 4. The minimum atomic E-state index is -0.631. The number of carbonyl (C=O) groups is 1. The Kier molecular flexibility index (Phi) is 5.35. The van der Waals surface area contributed by atoms with Crippen molar-refractivity contribution in [3.63, 3.8) is 0 Å². The van der Waals surface area contributed by atoms with Crippen LogP contribution in [0.3, 0.4) is 0 Å². The van der Waals surface area contributed by atoms with E-state index >= 15 is 0 Å². The molecule has 0 spiro atoms. The van der Waals surface area contributed by atoms with Crippen molar-refractivity contribution in [3.05, 3.63) is 0 Å². The summed E-state index contributed by atoms with van der Waals surface area (Å²) >= 11 is 0. The zero-order valence-corrected chi connectivity index (χ0v) is 6.87. The van der Waals surface area contributed by atoms with E-state index in [1.54, 1.807) is 0 Å². The van der Waals surface area contributed by atoms with Gasteiger partial charge in [0.25, 0.3) is 5.91 Å². The Labute approximate surface area is 70.7 Å². The molecule has 1 amide bonds. The number of unbranched alkanes of at least 4 members (excludes halogenated alkanes) is 1. The van der Waals surface area contributed by atoms with Gasteiger partial charge in [0, 0.05) is 6.54 Å². The maximum atomic E-state index is 10.9. The Hall–Kier alpha value is -1.57. The second-order valence-corrected chi connectivity index (χ2v) is 2.17. The summed E-state index contributed by atoms with van der Waals surface area (Å²) in [6.07, 6.45) is 1.80. The highest BCUT2D eigenvalue weighted by atomic mass is 16.4. The van der Waals surface area contributed by atoms with Gasteiger partial charge in [0.15, 0.2) is 0 Å². The smallest absolute Gasteiger partial charge is 0.284 e. The van der Waals surface area contributed by atoms with Gasteiger partial charge in [-0.3, -0.25) is 4.79 Å². The number of nitrogens with zero attached hydrogens (tertiary/aromatic N) is 2. The first-order valence-corrected chi connectivity index (χ1v) is 3.66. The van der Waals surface area contributed by atoms with Crippen LogP contribution >= 0.6 is 0 Å². The molecule has 0 unspecified atom stereocenters. The van der Waals surface area contributed by atoms with Crippen LogP contribution < -0.4 is 5.32 Å². The van der Waals surface area contributed by atoms with Gasteiger partial charge in [0.2, 0.25) is 5.71 Å². The molecule has 5 heteroatoms. The number of amides is 1. The van der Waals surface area contributed by atoms with Crippen molar-refractivity contribution in [1.29, 1.82) is 5.26 Å². The molecule has 0 rings (SSSR count). The standard InChI is InChI=1S/C7H11N3O2/c1-2-3-4-9-7(11)6(5-8)10-12/h12H,2-4H2,1H3,(H,9,11). The van der Waals surface area contributed by atoms with Gasteiger partial charge in [0.1, 0.15) is 6.07 Å². The van der Waals surface area contributed by atoms with Crippen LogP contribution in [0.15, 0.2) is 5.16 Å². The van der Waals surface area contributed by atoms with Crippen LogP contribution in [0.25, 0.3) is 0 Å². The lowest BCUT2D eigenvalue weighted by Gasteiger charge is -1.99. The molecule has 0 aliphatic carbocycles. The minimum absolute atomic E-state index is 0.496. The number of nitrogens with one attached hydrogen (secondary N) is 1. The van der Waals surface area contributed by atoms with E-state index in [0.29, 0.717) is 6.54 Å². The van der Waals surface area contributed by atoms with Crippen molar-refractivity contribution in [2.24, 2.45) is 5.16 Å².